The van der Waals surface area contributed by atoms with Gasteiger partial charge in [0.15, 0.2) is 0 Å². The van der Waals surface area contributed by atoms with Crippen molar-refractivity contribution in [1.29, 1.82) is 0 Å². The van der Waals surface area contributed by atoms with Gasteiger partial charge in [0.1, 0.15) is 0 Å². The number of benzene rings is 1. The van der Waals surface area contributed by atoms with Gasteiger partial charge in [-0.25, -0.2) is 0 Å². The van der Waals surface area contributed by atoms with Crippen LogP contribution >= 0.6 is 0 Å². The number of rotatable bonds is 5. The van der Waals surface area contributed by atoms with E-state index in [1.165, 1.54) is 5.56 Å². The van der Waals surface area contributed by atoms with Crippen molar-refractivity contribution in [1.82, 2.24) is 4.90 Å². The number of nitrogens with one attached hydrogen (secondary N) is 1. The fourth-order valence-corrected chi connectivity index (χ4v) is 4.21. The second-order valence-corrected chi connectivity index (χ2v) is 7.20. The number of aryl methyl sites for hydroxylation is 1. The molecule has 1 unspecified atom stereocenters. The molecule has 1 heterocycles. The van der Waals surface area contributed by atoms with Crippen LogP contribution in [-0.4, -0.2) is 41.0 Å². The molecule has 24 heavy (non-hydrogen) atoms. The van der Waals surface area contributed by atoms with E-state index in [0.717, 1.165) is 31.4 Å². The molecule has 1 saturated heterocycles. The SMILES string of the molecule is CCc1ccc(NC(=O)C(C)N2C[C@@H]3CCC[C@@]3(C(=O)O)C2)cc1. The summed E-state index contributed by atoms with van der Waals surface area (Å²) in [4.78, 5) is 26.4. The van der Waals surface area contributed by atoms with Crippen LogP contribution in [0.5, 0.6) is 0 Å². The lowest BCUT2D eigenvalue weighted by molar-refractivity contribution is -0.149. The highest BCUT2D eigenvalue weighted by Gasteiger charge is 2.55. The maximum atomic E-state index is 12.5. The molecule has 1 aliphatic carbocycles. The van der Waals surface area contributed by atoms with Crippen molar-refractivity contribution in [2.45, 2.75) is 45.6 Å². The molecular formula is C19H26N2O3. The highest BCUT2D eigenvalue weighted by atomic mass is 16.4. The first-order valence-electron chi connectivity index (χ1n) is 8.83. The fraction of sp³-hybridized carbons (Fsp3) is 0.579. The summed E-state index contributed by atoms with van der Waals surface area (Å²) in [6.07, 6.45) is 3.64. The van der Waals surface area contributed by atoms with Crippen LogP contribution in [0.4, 0.5) is 5.69 Å². The Hall–Kier alpha value is -1.88. The Morgan fingerprint density at radius 3 is 2.67 bits per heavy atom. The molecule has 1 saturated carbocycles. The molecule has 2 fully saturated rings. The molecule has 2 aliphatic rings. The zero-order valence-electron chi connectivity index (χ0n) is 14.4. The Morgan fingerprint density at radius 1 is 1.38 bits per heavy atom. The van der Waals surface area contributed by atoms with Crippen molar-refractivity contribution in [2.24, 2.45) is 11.3 Å². The number of amides is 1. The van der Waals surface area contributed by atoms with Gasteiger partial charge >= 0.3 is 5.97 Å². The normalized spacial score (nSPS) is 27.7. The summed E-state index contributed by atoms with van der Waals surface area (Å²) in [5, 5.41) is 12.6. The number of fused-ring (bicyclic) bond motifs is 1. The third-order valence-corrected chi connectivity index (χ3v) is 5.88. The Balaban J connectivity index is 1.65. The molecule has 5 nitrogen and oxygen atoms in total. The van der Waals surface area contributed by atoms with Gasteiger partial charge in [-0.3, -0.25) is 14.5 Å². The molecule has 0 radical (unpaired) electrons. The van der Waals surface area contributed by atoms with Crippen molar-refractivity contribution in [3.63, 3.8) is 0 Å². The number of carbonyl (C=O) groups excluding carboxylic acids is 1. The number of anilines is 1. The minimum absolute atomic E-state index is 0.0697. The molecule has 0 spiro atoms. The number of nitrogens with zero attached hydrogens (tertiary/aromatic N) is 1. The van der Waals surface area contributed by atoms with Gasteiger partial charge in [-0.05, 0) is 49.8 Å². The standard InChI is InChI=1S/C19H26N2O3/c1-3-14-6-8-16(9-7-14)20-17(22)13(2)21-11-15-5-4-10-19(15,12-21)18(23)24/h6-9,13,15H,3-5,10-12H2,1-2H3,(H,20,22)(H,23,24)/t13?,15-,19+/m0/s1. The number of carboxylic acid groups (broad SMARTS) is 1. The molecule has 1 aromatic rings. The quantitative estimate of drug-likeness (QED) is 0.871. The summed E-state index contributed by atoms with van der Waals surface area (Å²) in [5.74, 6) is -0.593. The molecule has 1 aromatic carbocycles. The second-order valence-electron chi connectivity index (χ2n) is 7.20. The van der Waals surface area contributed by atoms with Gasteiger partial charge in [0.25, 0.3) is 0 Å². The Labute approximate surface area is 143 Å². The Bertz CT molecular complexity index is 628. The third-order valence-electron chi connectivity index (χ3n) is 5.88. The van der Waals surface area contributed by atoms with Crippen LogP contribution in [0.2, 0.25) is 0 Å². The average Bonchev–Trinajstić information content (AvgIpc) is 3.13. The maximum absolute atomic E-state index is 12.5. The lowest BCUT2D eigenvalue weighted by Crippen LogP contribution is -2.43. The zero-order valence-corrected chi connectivity index (χ0v) is 14.4. The Morgan fingerprint density at radius 2 is 2.08 bits per heavy atom. The topological polar surface area (TPSA) is 69.6 Å². The van der Waals surface area contributed by atoms with Crippen LogP contribution in [0.3, 0.4) is 0 Å². The molecule has 3 rings (SSSR count). The summed E-state index contributed by atoms with van der Waals surface area (Å²) < 4.78 is 0. The second kappa shape index (κ2) is 6.55. The van der Waals surface area contributed by atoms with Crippen LogP contribution in [0.1, 0.15) is 38.7 Å². The summed E-state index contributed by atoms with van der Waals surface area (Å²) in [5.41, 5.74) is 1.38. The first-order chi connectivity index (χ1) is 11.5. The first kappa shape index (κ1) is 17.0. The minimum atomic E-state index is -0.699. The van der Waals surface area contributed by atoms with E-state index in [-0.39, 0.29) is 17.9 Å². The van der Waals surface area contributed by atoms with E-state index in [4.69, 9.17) is 0 Å². The highest BCUT2D eigenvalue weighted by molar-refractivity contribution is 5.94. The fourth-order valence-electron chi connectivity index (χ4n) is 4.21. The number of carbonyl (C=O) groups is 2. The Kier molecular flexibility index (Phi) is 4.63. The highest BCUT2D eigenvalue weighted by Crippen LogP contribution is 2.49. The van der Waals surface area contributed by atoms with Crippen LogP contribution in [0, 0.1) is 11.3 Å². The van der Waals surface area contributed by atoms with Gasteiger partial charge in [-0.1, -0.05) is 25.5 Å². The van der Waals surface area contributed by atoms with Gasteiger partial charge in [-0.2, -0.15) is 0 Å². The number of likely N-dealkylation sites (tertiary alicyclic amines) is 1. The van der Waals surface area contributed by atoms with Crippen molar-refractivity contribution in [2.75, 3.05) is 18.4 Å². The van der Waals surface area contributed by atoms with Crippen LogP contribution in [0.25, 0.3) is 0 Å². The summed E-state index contributed by atoms with van der Waals surface area (Å²) in [6.45, 7) is 5.15. The summed E-state index contributed by atoms with van der Waals surface area (Å²) >= 11 is 0. The molecule has 3 atom stereocenters. The van der Waals surface area contributed by atoms with Crippen molar-refractivity contribution >= 4 is 17.6 Å². The van der Waals surface area contributed by atoms with Gasteiger partial charge in [0.05, 0.1) is 11.5 Å². The van der Waals surface area contributed by atoms with E-state index in [9.17, 15) is 14.7 Å². The molecule has 130 valence electrons. The number of hydrogen-bond donors (Lipinski definition) is 2. The first-order valence-corrected chi connectivity index (χ1v) is 8.83. The van der Waals surface area contributed by atoms with E-state index in [2.05, 4.69) is 12.2 Å². The number of hydrogen-bond acceptors (Lipinski definition) is 3. The molecule has 1 amide bonds. The molecule has 0 aromatic heterocycles. The molecule has 2 N–H and O–H groups in total. The molecule has 1 aliphatic heterocycles. The molecule has 0 bridgehead atoms. The zero-order chi connectivity index (χ0) is 17.3. The van der Waals surface area contributed by atoms with E-state index in [1.807, 2.05) is 36.1 Å². The lowest BCUT2D eigenvalue weighted by Gasteiger charge is -2.26. The van der Waals surface area contributed by atoms with Gasteiger partial charge < -0.3 is 10.4 Å². The van der Waals surface area contributed by atoms with Crippen molar-refractivity contribution in [3.05, 3.63) is 29.8 Å². The van der Waals surface area contributed by atoms with Crippen LogP contribution in [-0.2, 0) is 16.0 Å². The van der Waals surface area contributed by atoms with E-state index in [0.29, 0.717) is 13.1 Å². The van der Waals surface area contributed by atoms with E-state index in [1.54, 1.807) is 0 Å². The molecule has 5 heteroatoms. The third kappa shape index (κ3) is 2.93. The van der Waals surface area contributed by atoms with Crippen molar-refractivity contribution < 1.29 is 14.7 Å². The largest absolute Gasteiger partial charge is 0.481 e. The molecular weight excluding hydrogens is 304 g/mol. The smallest absolute Gasteiger partial charge is 0.311 e. The predicted molar refractivity (Wildman–Crippen MR) is 92.9 cm³/mol. The number of aliphatic carboxylic acids is 1. The van der Waals surface area contributed by atoms with Gasteiger partial charge in [0, 0.05) is 18.8 Å². The maximum Gasteiger partial charge on any atom is 0.311 e. The lowest BCUT2D eigenvalue weighted by atomic mass is 9.81. The summed E-state index contributed by atoms with van der Waals surface area (Å²) in [7, 11) is 0. The minimum Gasteiger partial charge on any atom is -0.481 e. The van der Waals surface area contributed by atoms with Crippen LogP contribution in [0.15, 0.2) is 24.3 Å². The monoisotopic (exact) mass is 330 g/mol. The summed E-state index contributed by atoms with van der Waals surface area (Å²) in [6, 6.07) is 7.54. The average molecular weight is 330 g/mol. The van der Waals surface area contributed by atoms with Crippen molar-refractivity contribution in [3.8, 4) is 0 Å². The van der Waals surface area contributed by atoms with Gasteiger partial charge in [0.2, 0.25) is 5.91 Å². The van der Waals surface area contributed by atoms with E-state index < -0.39 is 11.4 Å². The number of carboxylic acids is 1. The van der Waals surface area contributed by atoms with Crippen LogP contribution < -0.4 is 5.32 Å². The predicted octanol–water partition coefficient (Wildman–Crippen LogP) is 2.76. The van der Waals surface area contributed by atoms with E-state index >= 15 is 0 Å². The van der Waals surface area contributed by atoms with Gasteiger partial charge in [-0.15, -0.1) is 0 Å².